The van der Waals surface area contributed by atoms with Crippen LogP contribution in [0, 0.1) is 0 Å². The molecule has 0 radical (unpaired) electrons. The van der Waals surface area contributed by atoms with Crippen LogP contribution in [0.2, 0.25) is 5.02 Å². The quantitative estimate of drug-likeness (QED) is 0.314. The van der Waals surface area contributed by atoms with Crippen molar-refractivity contribution < 1.29 is 9.59 Å². The Morgan fingerprint density at radius 1 is 1.14 bits per heavy atom. The van der Waals surface area contributed by atoms with Crippen LogP contribution in [-0.2, 0) is 9.59 Å². The summed E-state index contributed by atoms with van der Waals surface area (Å²) in [5.74, 6) is 0.0327. The summed E-state index contributed by atoms with van der Waals surface area (Å²) in [5, 5.41) is 7.45. The van der Waals surface area contributed by atoms with E-state index in [4.69, 9.17) is 11.6 Å². The summed E-state index contributed by atoms with van der Waals surface area (Å²) in [4.78, 5) is 40.4. The number of aromatic amines is 1. The number of fused-ring (bicyclic) bond motifs is 1. The molecule has 9 nitrogen and oxygen atoms in total. The van der Waals surface area contributed by atoms with Crippen molar-refractivity contribution in [2.45, 2.75) is 13.8 Å². The maximum atomic E-state index is 12.8. The molecule has 0 atom stereocenters. The first-order valence-electron chi connectivity index (χ1n) is 11.5. The molecule has 0 bridgehead atoms. The number of nitrogens with zero attached hydrogens (tertiary/aromatic N) is 4. The molecule has 0 saturated carbocycles. The minimum Gasteiger partial charge on any atom is -0.360 e. The molecular formula is C26H28ClN7O2. The van der Waals surface area contributed by atoms with E-state index in [-0.39, 0.29) is 18.4 Å². The Labute approximate surface area is 214 Å². The zero-order valence-corrected chi connectivity index (χ0v) is 21.3. The van der Waals surface area contributed by atoms with Crippen LogP contribution in [0.1, 0.15) is 13.8 Å². The number of amides is 2. The number of carbonyl (C=O) groups excluding carboxylic acids is 2. The van der Waals surface area contributed by atoms with Gasteiger partial charge in [0.25, 0.3) is 0 Å². The summed E-state index contributed by atoms with van der Waals surface area (Å²) in [6, 6.07) is 13.3. The molecule has 2 aromatic heterocycles. The standard InChI is InChI=1S/C26H28ClN7O2/c1-5-34(24(36)15-33(3)4)23-11-10-17(12-22(23)30-16(2)35)31-26-29-14-20(27)25(32-26)19-13-28-21-9-7-6-8-18(19)21/h6-14,28H,5,15H2,1-4H3,(H,30,35)(H,29,31,32). The average Bonchev–Trinajstić information content (AvgIpc) is 3.25. The van der Waals surface area contributed by atoms with Gasteiger partial charge in [-0.25, -0.2) is 9.97 Å². The zero-order valence-electron chi connectivity index (χ0n) is 20.6. The number of aromatic nitrogens is 3. The van der Waals surface area contributed by atoms with Crippen molar-refractivity contribution in [1.82, 2.24) is 19.9 Å². The van der Waals surface area contributed by atoms with Crippen LogP contribution in [0.5, 0.6) is 0 Å². The summed E-state index contributed by atoms with van der Waals surface area (Å²) in [6.45, 7) is 4.03. The van der Waals surface area contributed by atoms with Gasteiger partial charge in [-0.15, -0.1) is 0 Å². The molecule has 2 amide bonds. The van der Waals surface area contributed by atoms with Gasteiger partial charge in [-0.1, -0.05) is 29.8 Å². The van der Waals surface area contributed by atoms with E-state index in [1.54, 1.807) is 23.2 Å². The summed E-state index contributed by atoms with van der Waals surface area (Å²) in [5.41, 5.74) is 4.21. The Morgan fingerprint density at radius 3 is 2.64 bits per heavy atom. The largest absolute Gasteiger partial charge is 0.360 e. The number of carbonyl (C=O) groups is 2. The molecule has 2 aromatic carbocycles. The normalized spacial score (nSPS) is 11.1. The van der Waals surface area contributed by atoms with Crippen molar-refractivity contribution in [3.63, 3.8) is 0 Å². The van der Waals surface area contributed by atoms with Gasteiger partial charge in [0.15, 0.2) is 0 Å². The molecule has 0 aliphatic heterocycles. The maximum Gasteiger partial charge on any atom is 0.241 e. The number of nitrogens with one attached hydrogen (secondary N) is 3. The Hall–Kier alpha value is -3.95. The monoisotopic (exact) mass is 505 g/mol. The number of para-hydroxylation sites is 1. The van der Waals surface area contributed by atoms with Crippen molar-refractivity contribution in [2.75, 3.05) is 42.7 Å². The van der Waals surface area contributed by atoms with E-state index in [2.05, 4.69) is 25.6 Å². The second-order valence-corrected chi connectivity index (χ2v) is 8.96. The zero-order chi connectivity index (χ0) is 25.8. The highest BCUT2D eigenvalue weighted by Crippen LogP contribution is 2.34. The third-order valence-electron chi connectivity index (χ3n) is 5.51. The summed E-state index contributed by atoms with van der Waals surface area (Å²) in [7, 11) is 3.67. The highest BCUT2D eigenvalue weighted by Gasteiger charge is 2.19. The van der Waals surface area contributed by atoms with Crippen LogP contribution in [-0.4, -0.2) is 58.9 Å². The van der Waals surface area contributed by atoms with Crippen LogP contribution in [0.15, 0.2) is 54.9 Å². The van der Waals surface area contributed by atoms with Gasteiger partial charge in [0.05, 0.1) is 34.8 Å². The van der Waals surface area contributed by atoms with Crippen LogP contribution in [0.4, 0.5) is 23.0 Å². The molecule has 0 fully saturated rings. The molecule has 0 spiro atoms. The number of hydrogen-bond acceptors (Lipinski definition) is 6. The van der Waals surface area contributed by atoms with E-state index in [1.165, 1.54) is 6.92 Å². The van der Waals surface area contributed by atoms with E-state index in [1.807, 2.05) is 62.4 Å². The fourth-order valence-electron chi connectivity index (χ4n) is 3.99. The third-order valence-corrected chi connectivity index (χ3v) is 5.79. The van der Waals surface area contributed by atoms with Gasteiger partial charge < -0.3 is 25.4 Å². The van der Waals surface area contributed by atoms with Crippen LogP contribution < -0.4 is 15.5 Å². The maximum absolute atomic E-state index is 12.8. The summed E-state index contributed by atoms with van der Waals surface area (Å²) in [6.07, 6.45) is 3.42. The molecule has 0 aliphatic carbocycles. The number of H-pyrrole nitrogens is 1. The summed E-state index contributed by atoms with van der Waals surface area (Å²) >= 11 is 6.46. The lowest BCUT2D eigenvalue weighted by Crippen LogP contribution is -2.38. The van der Waals surface area contributed by atoms with E-state index < -0.39 is 0 Å². The molecule has 4 rings (SSSR count). The lowest BCUT2D eigenvalue weighted by molar-refractivity contribution is -0.119. The minimum atomic E-state index is -0.242. The highest BCUT2D eigenvalue weighted by atomic mass is 35.5. The van der Waals surface area contributed by atoms with Gasteiger partial charge in [-0.3, -0.25) is 9.59 Å². The van der Waals surface area contributed by atoms with E-state index in [0.717, 1.165) is 16.5 Å². The highest BCUT2D eigenvalue weighted by molar-refractivity contribution is 6.33. The Morgan fingerprint density at radius 2 is 1.92 bits per heavy atom. The second kappa shape index (κ2) is 10.8. The Balaban J connectivity index is 1.67. The van der Waals surface area contributed by atoms with Gasteiger partial charge in [-0.05, 0) is 45.3 Å². The lowest BCUT2D eigenvalue weighted by Gasteiger charge is -2.26. The van der Waals surface area contributed by atoms with Gasteiger partial charge in [0.1, 0.15) is 0 Å². The van der Waals surface area contributed by atoms with Crippen LogP contribution >= 0.6 is 11.6 Å². The molecule has 0 unspecified atom stereocenters. The molecule has 0 aliphatic rings. The molecule has 186 valence electrons. The van der Waals surface area contributed by atoms with Gasteiger partial charge in [0, 0.05) is 41.8 Å². The van der Waals surface area contributed by atoms with E-state index in [9.17, 15) is 9.59 Å². The van der Waals surface area contributed by atoms with Gasteiger partial charge in [-0.2, -0.15) is 0 Å². The Bertz CT molecular complexity index is 1420. The van der Waals surface area contributed by atoms with E-state index >= 15 is 0 Å². The molecule has 10 heteroatoms. The van der Waals surface area contributed by atoms with Crippen LogP contribution in [0.3, 0.4) is 0 Å². The summed E-state index contributed by atoms with van der Waals surface area (Å²) < 4.78 is 0. The fraction of sp³-hybridized carbons (Fsp3) is 0.231. The van der Waals surface area contributed by atoms with Crippen molar-refractivity contribution in [3.05, 3.63) is 59.9 Å². The first kappa shape index (κ1) is 25.2. The molecule has 2 heterocycles. The van der Waals surface area contributed by atoms with Gasteiger partial charge in [0.2, 0.25) is 17.8 Å². The third kappa shape index (κ3) is 5.48. The molecule has 0 saturated heterocycles. The predicted octanol–water partition coefficient (Wildman–Crippen LogP) is 4.89. The Kier molecular flexibility index (Phi) is 7.52. The fourth-order valence-corrected chi connectivity index (χ4v) is 4.18. The van der Waals surface area contributed by atoms with Crippen molar-refractivity contribution in [1.29, 1.82) is 0 Å². The topological polar surface area (TPSA) is 106 Å². The smallest absolute Gasteiger partial charge is 0.241 e. The lowest BCUT2D eigenvalue weighted by atomic mass is 10.1. The average molecular weight is 506 g/mol. The first-order chi connectivity index (χ1) is 17.3. The molecule has 4 aromatic rings. The SMILES string of the molecule is CCN(C(=O)CN(C)C)c1ccc(Nc2ncc(Cl)c(-c3c[nH]c4ccccc34)n2)cc1NC(C)=O. The van der Waals surface area contributed by atoms with Gasteiger partial charge >= 0.3 is 0 Å². The molecule has 36 heavy (non-hydrogen) atoms. The molecule has 3 N–H and O–H groups in total. The number of benzene rings is 2. The minimum absolute atomic E-state index is 0.0702. The predicted molar refractivity (Wildman–Crippen MR) is 145 cm³/mol. The number of hydrogen-bond donors (Lipinski definition) is 3. The first-order valence-corrected chi connectivity index (χ1v) is 11.9. The second-order valence-electron chi connectivity index (χ2n) is 8.55. The van der Waals surface area contributed by atoms with Crippen LogP contribution in [0.25, 0.3) is 22.2 Å². The number of halogens is 1. The van der Waals surface area contributed by atoms with Crippen molar-refractivity contribution >= 4 is 57.3 Å². The molecular weight excluding hydrogens is 478 g/mol. The van der Waals surface area contributed by atoms with Crippen molar-refractivity contribution in [2.24, 2.45) is 0 Å². The van der Waals surface area contributed by atoms with Crippen molar-refractivity contribution in [3.8, 4) is 11.3 Å². The van der Waals surface area contributed by atoms with E-state index in [0.29, 0.717) is 40.3 Å². The number of anilines is 4. The number of likely N-dealkylation sites (N-methyl/N-ethyl adjacent to an activating group) is 2. The number of rotatable bonds is 8.